The first-order valence-corrected chi connectivity index (χ1v) is 6.68. The van der Waals surface area contributed by atoms with E-state index in [1.165, 1.54) is 29.3 Å². The Morgan fingerprint density at radius 1 is 1.22 bits per heavy atom. The van der Waals surface area contributed by atoms with Crippen LogP contribution in [-0.4, -0.2) is 11.0 Å². The van der Waals surface area contributed by atoms with Crippen molar-refractivity contribution in [2.24, 2.45) is 11.8 Å². The molecule has 1 fully saturated rings. The smallest absolute Gasteiger partial charge is 0.0437 e. The summed E-state index contributed by atoms with van der Waals surface area (Å²) in [6.45, 7) is 0. The van der Waals surface area contributed by atoms with Crippen molar-refractivity contribution in [2.75, 3.05) is 5.32 Å². The molecule has 1 aromatic heterocycles. The summed E-state index contributed by atoms with van der Waals surface area (Å²) in [7, 11) is 0. The van der Waals surface area contributed by atoms with Crippen molar-refractivity contribution < 1.29 is 0 Å². The third-order valence-corrected chi connectivity index (χ3v) is 4.39. The molecular weight excluding hydrogens is 220 g/mol. The van der Waals surface area contributed by atoms with E-state index in [1.54, 1.807) is 0 Å². The molecule has 1 heterocycles. The third-order valence-electron chi connectivity index (χ3n) is 4.39. The zero-order chi connectivity index (χ0) is 11.9. The van der Waals surface area contributed by atoms with Gasteiger partial charge in [0.25, 0.3) is 0 Å². The molecule has 2 aromatic rings. The topological polar surface area (TPSA) is 24.9 Å². The molecule has 0 amide bonds. The van der Waals surface area contributed by atoms with Gasteiger partial charge in [-0.15, -0.1) is 0 Å². The fourth-order valence-corrected chi connectivity index (χ4v) is 3.32. The van der Waals surface area contributed by atoms with E-state index in [0.717, 1.165) is 11.8 Å². The van der Waals surface area contributed by atoms with E-state index in [9.17, 15) is 0 Å². The standard InChI is InChI=1S/C16H16N2/c1-4-12-9-16(13(12)5-1)18-15-6-2-3-11-7-8-17-10-14(11)15/h1-3,5-8,10,12-13,16,18H,4,9H2. The first kappa shape index (κ1) is 10.1. The normalized spacial score (nSPS) is 29.0. The Hall–Kier alpha value is -1.83. The van der Waals surface area contributed by atoms with Crippen molar-refractivity contribution in [3.05, 3.63) is 48.8 Å². The van der Waals surface area contributed by atoms with E-state index < -0.39 is 0 Å². The van der Waals surface area contributed by atoms with Gasteiger partial charge in [-0.05, 0) is 36.3 Å². The number of hydrogen-bond acceptors (Lipinski definition) is 2. The Balaban J connectivity index is 1.65. The third kappa shape index (κ3) is 1.45. The molecule has 0 saturated heterocycles. The fraction of sp³-hybridized carbons (Fsp3) is 0.312. The van der Waals surface area contributed by atoms with E-state index >= 15 is 0 Å². The van der Waals surface area contributed by atoms with Crippen LogP contribution in [0.15, 0.2) is 48.8 Å². The van der Waals surface area contributed by atoms with E-state index in [2.05, 4.69) is 46.7 Å². The van der Waals surface area contributed by atoms with Crippen LogP contribution in [0.4, 0.5) is 5.69 Å². The molecule has 90 valence electrons. The zero-order valence-electron chi connectivity index (χ0n) is 10.2. The first-order valence-electron chi connectivity index (χ1n) is 6.68. The van der Waals surface area contributed by atoms with Crippen LogP contribution in [-0.2, 0) is 0 Å². The average molecular weight is 236 g/mol. The predicted octanol–water partition coefficient (Wildman–Crippen LogP) is 3.61. The van der Waals surface area contributed by atoms with Crippen molar-refractivity contribution in [2.45, 2.75) is 18.9 Å². The summed E-state index contributed by atoms with van der Waals surface area (Å²) in [4.78, 5) is 4.24. The van der Waals surface area contributed by atoms with Crippen LogP contribution in [0, 0.1) is 11.8 Å². The molecule has 1 saturated carbocycles. The highest BCUT2D eigenvalue weighted by atomic mass is 15.0. The van der Waals surface area contributed by atoms with E-state index in [0.29, 0.717) is 6.04 Å². The van der Waals surface area contributed by atoms with Gasteiger partial charge in [0.2, 0.25) is 0 Å². The van der Waals surface area contributed by atoms with Gasteiger partial charge in [0.1, 0.15) is 0 Å². The number of pyridine rings is 1. The second-order valence-corrected chi connectivity index (χ2v) is 5.39. The largest absolute Gasteiger partial charge is 0.381 e. The summed E-state index contributed by atoms with van der Waals surface area (Å²) in [6, 6.07) is 9.10. The second-order valence-electron chi connectivity index (χ2n) is 5.39. The number of fused-ring (bicyclic) bond motifs is 2. The molecule has 2 aliphatic carbocycles. The number of benzene rings is 1. The van der Waals surface area contributed by atoms with Crippen molar-refractivity contribution in [1.82, 2.24) is 4.98 Å². The fourth-order valence-electron chi connectivity index (χ4n) is 3.32. The summed E-state index contributed by atoms with van der Waals surface area (Å²) in [6.07, 6.45) is 11.1. The second kappa shape index (κ2) is 3.84. The van der Waals surface area contributed by atoms with Crippen LogP contribution in [0.3, 0.4) is 0 Å². The molecule has 18 heavy (non-hydrogen) atoms. The lowest BCUT2D eigenvalue weighted by atomic mass is 9.71. The number of rotatable bonds is 2. The monoisotopic (exact) mass is 236 g/mol. The Bertz CT molecular complexity index is 612. The zero-order valence-corrected chi connectivity index (χ0v) is 10.2. The van der Waals surface area contributed by atoms with Crippen LogP contribution in [0.1, 0.15) is 12.8 Å². The molecule has 2 nitrogen and oxygen atoms in total. The number of nitrogens with zero attached hydrogens (tertiary/aromatic N) is 1. The lowest BCUT2D eigenvalue weighted by Gasteiger charge is -2.41. The molecule has 3 unspecified atom stereocenters. The van der Waals surface area contributed by atoms with Crippen LogP contribution < -0.4 is 5.32 Å². The highest BCUT2D eigenvalue weighted by Crippen LogP contribution is 2.44. The van der Waals surface area contributed by atoms with Gasteiger partial charge in [0.05, 0.1) is 0 Å². The van der Waals surface area contributed by atoms with Gasteiger partial charge in [0.15, 0.2) is 0 Å². The van der Waals surface area contributed by atoms with Gasteiger partial charge in [0, 0.05) is 35.4 Å². The molecule has 0 aliphatic heterocycles. The Morgan fingerprint density at radius 2 is 2.22 bits per heavy atom. The quantitative estimate of drug-likeness (QED) is 0.806. The molecule has 1 N–H and O–H groups in total. The van der Waals surface area contributed by atoms with E-state index in [4.69, 9.17) is 0 Å². The molecule has 1 aromatic carbocycles. The van der Waals surface area contributed by atoms with Gasteiger partial charge < -0.3 is 5.32 Å². The van der Waals surface area contributed by atoms with Crippen LogP contribution in [0.25, 0.3) is 10.8 Å². The van der Waals surface area contributed by atoms with Crippen molar-refractivity contribution in [3.8, 4) is 0 Å². The minimum atomic E-state index is 0.611. The van der Waals surface area contributed by atoms with Crippen LogP contribution in [0.2, 0.25) is 0 Å². The van der Waals surface area contributed by atoms with Crippen LogP contribution in [0.5, 0.6) is 0 Å². The molecule has 4 rings (SSSR count). The Labute approximate surface area is 107 Å². The highest BCUT2D eigenvalue weighted by molar-refractivity contribution is 5.93. The molecule has 0 radical (unpaired) electrons. The maximum atomic E-state index is 4.24. The molecular formula is C16H16N2. The molecule has 2 heteroatoms. The summed E-state index contributed by atoms with van der Waals surface area (Å²) in [5, 5.41) is 6.19. The maximum Gasteiger partial charge on any atom is 0.0437 e. The van der Waals surface area contributed by atoms with Gasteiger partial charge in [-0.25, -0.2) is 0 Å². The number of anilines is 1. The molecule has 3 atom stereocenters. The summed E-state index contributed by atoms with van der Waals surface area (Å²) < 4.78 is 0. The van der Waals surface area contributed by atoms with Gasteiger partial charge in [-0.2, -0.15) is 0 Å². The summed E-state index contributed by atoms with van der Waals surface area (Å²) in [5.74, 6) is 1.65. The van der Waals surface area contributed by atoms with Crippen molar-refractivity contribution in [1.29, 1.82) is 0 Å². The molecule has 0 bridgehead atoms. The van der Waals surface area contributed by atoms with Crippen molar-refractivity contribution >= 4 is 16.5 Å². The van der Waals surface area contributed by atoms with Gasteiger partial charge in [-0.1, -0.05) is 24.3 Å². The average Bonchev–Trinajstić information content (AvgIpc) is 2.77. The van der Waals surface area contributed by atoms with E-state index in [-0.39, 0.29) is 0 Å². The Kier molecular flexibility index (Phi) is 2.16. The van der Waals surface area contributed by atoms with E-state index in [1.807, 2.05) is 12.4 Å². The van der Waals surface area contributed by atoms with Gasteiger partial charge >= 0.3 is 0 Å². The lowest BCUT2D eigenvalue weighted by molar-refractivity contribution is 0.218. The van der Waals surface area contributed by atoms with Crippen LogP contribution >= 0.6 is 0 Å². The number of nitrogens with one attached hydrogen (secondary N) is 1. The van der Waals surface area contributed by atoms with Gasteiger partial charge in [-0.3, -0.25) is 4.98 Å². The van der Waals surface area contributed by atoms with Crippen molar-refractivity contribution in [3.63, 3.8) is 0 Å². The number of aromatic nitrogens is 1. The molecule has 2 aliphatic rings. The maximum absolute atomic E-state index is 4.24. The lowest BCUT2D eigenvalue weighted by Crippen LogP contribution is -2.43. The minimum Gasteiger partial charge on any atom is -0.381 e. The summed E-state index contributed by atoms with van der Waals surface area (Å²) >= 11 is 0. The Morgan fingerprint density at radius 3 is 3.17 bits per heavy atom. The molecule has 0 spiro atoms. The summed E-state index contributed by atoms with van der Waals surface area (Å²) in [5.41, 5.74) is 1.23. The number of hydrogen-bond donors (Lipinski definition) is 1. The SMILES string of the molecule is C1=CC2C(C1)CC2Nc1cccc2ccncc12. The predicted molar refractivity (Wildman–Crippen MR) is 74.5 cm³/mol. The first-order chi connectivity index (χ1) is 8.92. The minimum absolute atomic E-state index is 0.611. The number of allylic oxidation sites excluding steroid dienone is 1. The highest BCUT2D eigenvalue weighted by Gasteiger charge is 2.40.